The minimum atomic E-state index is 0.114. The van der Waals surface area contributed by atoms with Gasteiger partial charge in [-0.25, -0.2) is 9.97 Å². The Morgan fingerprint density at radius 2 is 2.13 bits per heavy atom. The number of rotatable bonds is 4. The maximum Gasteiger partial charge on any atom is 0.133 e. The third-order valence-corrected chi connectivity index (χ3v) is 1.89. The van der Waals surface area contributed by atoms with Gasteiger partial charge in [0.25, 0.3) is 0 Å². The Morgan fingerprint density at radius 3 is 2.67 bits per heavy atom. The molecule has 1 aromatic heterocycles. The van der Waals surface area contributed by atoms with E-state index in [1.54, 1.807) is 0 Å². The maximum absolute atomic E-state index is 5.66. The zero-order valence-corrected chi connectivity index (χ0v) is 9.78. The van der Waals surface area contributed by atoms with Crippen molar-refractivity contribution in [1.82, 2.24) is 9.97 Å². The summed E-state index contributed by atoms with van der Waals surface area (Å²) < 4.78 is 0. The van der Waals surface area contributed by atoms with Gasteiger partial charge >= 0.3 is 0 Å². The molecular formula is C10H19N5. The number of nitrogens with zero attached hydrogens (tertiary/aromatic N) is 3. The lowest BCUT2D eigenvalue weighted by Gasteiger charge is -2.14. The fourth-order valence-electron chi connectivity index (χ4n) is 1.14. The van der Waals surface area contributed by atoms with E-state index in [4.69, 9.17) is 5.73 Å². The second-order valence-corrected chi connectivity index (χ2v) is 3.91. The number of hydrogen-bond donors (Lipinski definition) is 2. The van der Waals surface area contributed by atoms with Gasteiger partial charge in [0.1, 0.15) is 17.5 Å². The standard InChI is InChI=1S/C10H19N5/c1-7(11)6-12-9-5-10(15(3)4)14-8(2)13-9/h5,7H,6,11H2,1-4H3,(H,12,13,14). The molecule has 0 aliphatic rings. The molecule has 0 saturated heterocycles. The average Bonchev–Trinajstić information content (AvgIpc) is 2.13. The zero-order valence-electron chi connectivity index (χ0n) is 9.78. The molecule has 0 saturated carbocycles. The molecule has 1 heterocycles. The normalized spacial score (nSPS) is 12.3. The van der Waals surface area contributed by atoms with Gasteiger partial charge in [0.05, 0.1) is 0 Å². The highest BCUT2D eigenvalue weighted by molar-refractivity contribution is 5.48. The van der Waals surface area contributed by atoms with E-state index in [0.29, 0.717) is 6.54 Å². The topological polar surface area (TPSA) is 67.1 Å². The second-order valence-electron chi connectivity index (χ2n) is 3.91. The minimum Gasteiger partial charge on any atom is -0.368 e. The number of hydrogen-bond acceptors (Lipinski definition) is 5. The van der Waals surface area contributed by atoms with Gasteiger partial charge < -0.3 is 16.0 Å². The minimum absolute atomic E-state index is 0.114. The van der Waals surface area contributed by atoms with Crippen LogP contribution in [0.3, 0.4) is 0 Å². The third kappa shape index (κ3) is 3.71. The van der Waals surface area contributed by atoms with Crippen LogP contribution in [0, 0.1) is 6.92 Å². The van der Waals surface area contributed by atoms with Crippen molar-refractivity contribution in [2.75, 3.05) is 30.9 Å². The summed E-state index contributed by atoms with van der Waals surface area (Å²) in [5.41, 5.74) is 5.66. The zero-order chi connectivity index (χ0) is 11.4. The predicted molar refractivity (Wildman–Crippen MR) is 63.2 cm³/mol. The summed E-state index contributed by atoms with van der Waals surface area (Å²) >= 11 is 0. The number of nitrogens with two attached hydrogens (primary N) is 1. The first-order valence-electron chi connectivity index (χ1n) is 5.01. The molecule has 0 spiro atoms. The highest BCUT2D eigenvalue weighted by atomic mass is 15.2. The van der Waals surface area contributed by atoms with Crippen molar-refractivity contribution < 1.29 is 0 Å². The van der Waals surface area contributed by atoms with Gasteiger partial charge in [0.2, 0.25) is 0 Å². The van der Waals surface area contributed by atoms with Crippen LogP contribution in [0.15, 0.2) is 6.07 Å². The van der Waals surface area contributed by atoms with Crippen molar-refractivity contribution in [2.24, 2.45) is 5.73 Å². The van der Waals surface area contributed by atoms with Gasteiger partial charge in [-0.15, -0.1) is 0 Å². The lowest BCUT2D eigenvalue weighted by molar-refractivity contribution is 0.775. The highest BCUT2D eigenvalue weighted by Crippen LogP contribution is 2.12. The van der Waals surface area contributed by atoms with Crippen LogP contribution in [0.25, 0.3) is 0 Å². The summed E-state index contributed by atoms with van der Waals surface area (Å²) in [5.74, 6) is 2.48. The van der Waals surface area contributed by atoms with Crippen molar-refractivity contribution in [3.63, 3.8) is 0 Å². The van der Waals surface area contributed by atoms with Crippen LogP contribution in [0.1, 0.15) is 12.7 Å². The second kappa shape index (κ2) is 4.93. The van der Waals surface area contributed by atoms with Crippen molar-refractivity contribution >= 4 is 11.6 Å². The number of aryl methyl sites for hydroxylation is 1. The van der Waals surface area contributed by atoms with E-state index >= 15 is 0 Å². The molecular weight excluding hydrogens is 190 g/mol. The van der Waals surface area contributed by atoms with Crippen LogP contribution in [0.5, 0.6) is 0 Å². The van der Waals surface area contributed by atoms with Crippen LogP contribution in [0.4, 0.5) is 11.6 Å². The average molecular weight is 209 g/mol. The van der Waals surface area contributed by atoms with Gasteiger partial charge in [0, 0.05) is 32.7 Å². The maximum atomic E-state index is 5.66. The molecule has 0 aliphatic heterocycles. The summed E-state index contributed by atoms with van der Waals surface area (Å²) in [6, 6.07) is 2.03. The Bertz CT molecular complexity index is 322. The van der Waals surface area contributed by atoms with Gasteiger partial charge in [0.15, 0.2) is 0 Å². The Morgan fingerprint density at radius 1 is 1.47 bits per heavy atom. The van der Waals surface area contributed by atoms with E-state index in [0.717, 1.165) is 17.5 Å². The highest BCUT2D eigenvalue weighted by Gasteiger charge is 2.03. The molecule has 5 nitrogen and oxygen atoms in total. The molecule has 84 valence electrons. The first-order valence-corrected chi connectivity index (χ1v) is 5.01. The van der Waals surface area contributed by atoms with Gasteiger partial charge in [-0.2, -0.15) is 0 Å². The molecule has 0 aromatic carbocycles. The van der Waals surface area contributed by atoms with Crippen molar-refractivity contribution in [2.45, 2.75) is 19.9 Å². The van der Waals surface area contributed by atoms with E-state index in [-0.39, 0.29) is 6.04 Å². The Kier molecular flexibility index (Phi) is 3.85. The molecule has 15 heavy (non-hydrogen) atoms. The monoisotopic (exact) mass is 209 g/mol. The van der Waals surface area contributed by atoms with Crippen LogP contribution in [0.2, 0.25) is 0 Å². The molecule has 0 amide bonds. The van der Waals surface area contributed by atoms with Crippen LogP contribution >= 0.6 is 0 Å². The van der Waals surface area contributed by atoms with E-state index in [1.165, 1.54) is 0 Å². The van der Waals surface area contributed by atoms with E-state index in [2.05, 4.69) is 15.3 Å². The van der Waals surface area contributed by atoms with Crippen molar-refractivity contribution in [1.29, 1.82) is 0 Å². The molecule has 3 N–H and O–H groups in total. The number of aromatic nitrogens is 2. The van der Waals surface area contributed by atoms with Crippen molar-refractivity contribution in [3.05, 3.63) is 11.9 Å². The lowest BCUT2D eigenvalue weighted by Crippen LogP contribution is -2.25. The SMILES string of the molecule is Cc1nc(NCC(C)N)cc(N(C)C)n1. The Hall–Kier alpha value is -1.36. The van der Waals surface area contributed by atoms with E-state index < -0.39 is 0 Å². The molecule has 0 aliphatic carbocycles. The van der Waals surface area contributed by atoms with Crippen LogP contribution < -0.4 is 16.0 Å². The molecule has 0 radical (unpaired) electrons. The first-order chi connectivity index (χ1) is 6.99. The van der Waals surface area contributed by atoms with Crippen LogP contribution in [-0.2, 0) is 0 Å². The first kappa shape index (κ1) is 11.7. The fraction of sp³-hybridized carbons (Fsp3) is 0.600. The predicted octanol–water partition coefficient (Wildman–Crippen LogP) is 0.610. The molecule has 0 fully saturated rings. The molecule has 5 heteroatoms. The number of anilines is 2. The summed E-state index contributed by atoms with van der Waals surface area (Å²) in [7, 11) is 3.91. The Labute approximate surface area is 90.7 Å². The fourth-order valence-corrected chi connectivity index (χ4v) is 1.14. The summed E-state index contributed by atoms with van der Waals surface area (Å²) in [5, 5.41) is 3.18. The third-order valence-electron chi connectivity index (χ3n) is 1.89. The van der Waals surface area contributed by atoms with Crippen LogP contribution in [-0.4, -0.2) is 36.6 Å². The quantitative estimate of drug-likeness (QED) is 0.760. The summed E-state index contributed by atoms with van der Waals surface area (Å²) in [4.78, 5) is 10.5. The van der Waals surface area contributed by atoms with Gasteiger partial charge in [-0.1, -0.05) is 0 Å². The Balaban J connectivity index is 2.79. The molecule has 1 rings (SSSR count). The van der Waals surface area contributed by atoms with Gasteiger partial charge in [-0.05, 0) is 13.8 Å². The number of nitrogens with one attached hydrogen (secondary N) is 1. The lowest BCUT2D eigenvalue weighted by atomic mass is 10.3. The molecule has 1 aromatic rings. The van der Waals surface area contributed by atoms with E-state index in [9.17, 15) is 0 Å². The molecule has 0 bridgehead atoms. The van der Waals surface area contributed by atoms with Gasteiger partial charge in [-0.3, -0.25) is 0 Å². The molecule has 1 unspecified atom stereocenters. The smallest absolute Gasteiger partial charge is 0.133 e. The van der Waals surface area contributed by atoms with E-state index in [1.807, 2.05) is 38.9 Å². The summed E-state index contributed by atoms with van der Waals surface area (Å²) in [6.07, 6.45) is 0. The molecule has 1 atom stereocenters. The summed E-state index contributed by atoms with van der Waals surface area (Å²) in [6.45, 7) is 4.54. The largest absolute Gasteiger partial charge is 0.368 e. The van der Waals surface area contributed by atoms with Crippen molar-refractivity contribution in [3.8, 4) is 0 Å².